The van der Waals surface area contributed by atoms with E-state index in [1.165, 1.54) is 17.5 Å². The Hall–Kier alpha value is -1.19. The van der Waals surface area contributed by atoms with Gasteiger partial charge in [0.2, 0.25) is 0 Å². The third-order valence-corrected chi connectivity index (χ3v) is 4.93. The van der Waals surface area contributed by atoms with Crippen LogP contribution in [-0.2, 0) is 9.53 Å². The molecular weight excluding hydrogens is 262 g/mol. The number of hydrogen-bond donors (Lipinski definition) is 0. The van der Waals surface area contributed by atoms with E-state index in [1.807, 2.05) is 0 Å². The van der Waals surface area contributed by atoms with Gasteiger partial charge in [0.25, 0.3) is 0 Å². The number of morpholine rings is 1. The molecular formula is C18H25NO2. The minimum atomic E-state index is 0.165. The summed E-state index contributed by atoms with van der Waals surface area (Å²) in [5.41, 5.74) is 2.63. The molecule has 1 aromatic carbocycles. The monoisotopic (exact) mass is 287 g/mol. The molecule has 0 spiro atoms. The summed E-state index contributed by atoms with van der Waals surface area (Å²) in [6, 6.07) is 8.79. The zero-order valence-electron chi connectivity index (χ0n) is 12.9. The average Bonchev–Trinajstić information content (AvgIpc) is 2.52. The molecule has 0 radical (unpaired) electrons. The van der Waals surface area contributed by atoms with Gasteiger partial charge in [-0.25, -0.2) is 0 Å². The van der Waals surface area contributed by atoms with E-state index >= 15 is 0 Å². The van der Waals surface area contributed by atoms with E-state index in [9.17, 15) is 4.79 Å². The molecule has 2 unspecified atom stereocenters. The molecule has 3 heteroatoms. The van der Waals surface area contributed by atoms with Crippen LogP contribution in [0.15, 0.2) is 24.3 Å². The van der Waals surface area contributed by atoms with Crippen molar-refractivity contribution < 1.29 is 9.53 Å². The van der Waals surface area contributed by atoms with Crippen molar-refractivity contribution in [3.05, 3.63) is 35.4 Å². The molecule has 2 fully saturated rings. The first kappa shape index (κ1) is 14.7. The van der Waals surface area contributed by atoms with Gasteiger partial charge in [0.05, 0.1) is 13.2 Å². The lowest BCUT2D eigenvalue weighted by molar-refractivity contribution is -0.128. The Morgan fingerprint density at radius 2 is 1.95 bits per heavy atom. The van der Waals surface area contributed by atoms with Gasteiger partial charge < -0.3 is 4.74 Å². The second-order valence-electron chi connectivity index (χ2n) is 6.27. The predicted molar refractivity (Wildman–Crippen MR) is 83.3 cm³/mol. The van der Waals surface area contributed by atoms with Crippen LogP contribution >= 0.6 is 0 Å². The van der Waals surface area contributed by atoms with Gasteiger partial charge in [-0.05, 0) is 30.9 Å². The molecule has 21 heavy (non-hydrogen) atoms. The third-order valence-electron chi connectivity index (χ3n) is 4.93. The maximum absolute atomic E-state index is 12.5. The van der Waals surface area contributed by atoms with Gasteiger partial charge in [0.15, 0.2) is 0 Å². The lowest BCUT2D eigenvalue weighted by atomic mass is 9.78. The smallest absolute Gasteiger partial charge is 0.137 e. The Kier molecular flexibility index (Phi) is 4.71. The SMILES string of the molecule is Cc1ccccc1C(C1CCCCC1=O)N1CCOCC1. The van der Waals surface area contributed by atoms with E-state index < -0.39 is 0 Å². The summed E-state index contributed by atoms with van der Waals surface area (Å²) < 4.78 is 5.50. The first-order valence-electron chi connectivity index (χ1n) is 8.17. The van der Waals surface area contributed by atoms with Crippen molar-refractivity contribution in [1.82, 2.24) is 4.90 Å². The maximum Gasteiger partial charge on any atom is 0.137 e. The van der Waals surface area contributed by atoms with E-state index in [-0.39, 0.29) is 12.0 Å². The Bertz CT molecular complexity index is 494. The number of carbonyl (C=O) groups excluding carboxylic acids is 1. The fourth-order valence-corrected chi connectivity index (χ4v) is 3.79. The summed E-state index contributed by atoms with van der Waals surface area (Å²) in [7, 11) is 0. The molecule has 1 heterocycles. The molecule has 0 bridgehead atoms. The van der Waals surface area contributed by atoms with E-state index in [0.717, 1.165) is 45.6 Å². The molecule has 1 saturated carbocycles. The largest absolute Gasteiger partial charge is 0.379 e. The Morgan fingerprint density at radius 1 is 1.19 bits per heavy atom. The lowest BCUT2D eigenvalue weighted by Gasteiger charge is -2.40. The molecule has 1 saturated heterocycles. The Balaban J connectivity index is 1.93. The summed E-state index contributed by atoms with van der Waals surface area (Å²) >= 11 is 0. The Labute approximate surface area is 127 Å². The van der Waals surface area contributed by atoms with Crippen LogP contribution in [0.1, 0.15) is 42.9 Å². The second kappa shape index (κ2) is 6.71. The number of carbonyl (C=O) groups is 1. The van der Waals surface area contributed by atoms with Crippen LogP contribution in [0.2, 0.25) is 0 Å². The summed E-state index contributed by atoms with van der Waals surface area (Å²) in [6.07, 6.45) is 4.05. The predicted octanol–water partition coefficient (Wildman–Crippen LogP) is 3.13. The van der Waals surface area contributed by atoms with Crippen molar-refractivity contribution in [1.29, 1.82) is 0 Å². The molecule has 114 valence electrons. The highest BCUT2D eigenvalue weighted by atomic mass is 16.5. The molecule has 2 atom stereocenters. The summed E-state index contributed by atoms with van der Waals surface area (Å²) in [5.74, 6) is 0.624. The molecule has 3 nitrogen and oxygen atoms in total. The standard InChI is InChI=1S/C18H25NO2/c1-14-6-2-3-7-15(14)18(19-10-12-21-13-11-19)16-8-4-5-9-17(16)20/h2-3,6-7,16,18H,4-5,8-13H2,1H3. The quantitative estimate of drug-likeness (QED) is 0.855. The van der Waals surface area contributed by atoms with E-state index in [1.54, 1.807) is 0 Å². The number of hydrogen-bond acceptors (Lipinski definition) is 3. The highest BCUT2D eigenvalue weighted by Crippen LogP contribution is 2.38. The number of ketones is 1. The van der Waals surface area contributed by atoms with Gasteiger partial charge in [0, 0.05) is 31.5 Å². The second-order valence-corrected chi connectivity index (χ2v) is 6.27. The van der Waals surface area contributed by atoms with Gasteiger partial charge in [-0.2, -0.15) is 0 Å². The average molecular weight is 287 g/mol. The first-order valence-corrected chi connectivity index (χ1v) is 8.17. The normalized spacial score (nSPS) is 25.8. The van der Waals surface area contributed by atoms with Crippen LogP contribution in [0.5, 0.6) is 0 Å². The highest BCUT2D eigenvalue weighted by Gasteiger charge is 2.36. The van der Waals surface area contributed by atoms with Crippen LogP contribution < -0.4 is 0 Å². The van der Waals surface area contributed by atoms with Crippen LogP contribution in [-0.4, -0.2) is 37.0 Å². The number of Topliss-reactive ketones (excluding diaryl/α,β-unsaturated/α-hetero) is 1. The minimum Gasteiger partial charge on any atom is -0.379 e. The summed E-state index contributed by atoms with van der Waals surface area (Å²) in [4.78, 5) is 15.0. The number of aryl methyl sites for hydroxylation is 1. The zero-order valence-corrected chi connectivity index (χ0v) is 12.9. The minimum absolute atomic E-state index is 0.165. The van der Waals surface area contributed by atoms with Crippen LogP contribution in [0.4, 0.5) is 0 Å². The maximum atomic E-state index is 12.5. The van der Waals surface area contributed by atoms with E-state index in [2.05, 4.69) is 36.1 Å². The topological polar surface area (TPSA) is 29.5 Å². The lowest BCUT2D eigenvalue weighted by Crippen LogP contribution is -2.44. The number of benzene rings is 1. The van der Waals surface area contributed by atoms with Crippen molar-refractivity contribution in [2.24, 2.45) is 5.92 Å². The fraction of sp³-hybridized carbons (Fsp3) is 0.611. The molecule has 0 aromatic heterocycles. The van der Waals surface area contributed by atoms with Gasteiger partial charge >= 0.3 is 0 Å². The van der Waals surface area contributed by atoms with E-state index in [4.69, 9.17) is 4.74 Å². The molecule has 2 aliphatic rings. The van der Waals surface area contributed by atoms with Crippen molar-refractivity contribution in [3.63, 3.8) is 0 Å². The van der Waals surface area contributed by atoms with Gasteiger partial charge in [-0.3, -0.25) is 9.69 Å². The van der Waals surface area contributed by atoms with Crippen molar-refractivity contribution in [2.45, 2.75) is 38.6 Å². The van der Waals surface area contributed by atoms with Crippen molar-refractivity contribution in [2.75, 3.05) is 26.3 Å². The molecule has 1 aromatic rings. The Morgan fingerprint density at radius 3 is 2.67 bits per heavy atom. The van der Waals surface area contributed by atoms with Crippen molar-refractivity contribution >= 4 is 5.78 Å². The van der Waals surface area contributed by atoms with Crippen LogP contribution in [0.25, 0.3) is 0 Å². The summed E-state index contributed by atoms with van der Waals surface area (Å²) in [5, 5.41) is 0. The number of nitrogens with zero attached hydrogens (tertiary/aromatic N) is 1. The number of ether oxygens (including phenoxy) is 1. The van der Waals surface area contributed by atoms with Gasteiger partial charge in [0.1, 0.15) is 5.78 Å². The molecule has 1 aliphatic carbocycles. The molecule has 1 aliphatic heterocycles. The number of rotatable bonds is 3. The van der Waals surface area contributed by atoms with Crippen LogP contribution in [0.3, 0.4) is 0 Å². The van der Waals surface area contributed by atoms with E-state index in [0.29, 0.717) is 5.78 Å². The highest BCUT2D eigenvalue weighted by molar-refractivity contribution is 5.82. The molecule has 0 N–H and O–H groups in total. The van der Waals surface area contributed by atoms with Crippen LogP contribution in [0, 0.1) is 12.8 Å². The molecule has 0 amide bonds. The molecule has 3 rings (SSSR count). The first-order chi connectivity index (χ1) is 10.3. The summed E-state index contributed by atoms with van der Waals surface area (Å²) in [6.45, 7) is 5.59. The fourth-order valence-electron chi connectivity index (χ4n) is 3.79. The van der Waals surface area contributed by atoms with Crippen molar-refractivity contribution in [3.8, 4) is 0 Å². The third kappa shape index (κ3) is 3.19. The van der Waals surface area contributed by atoms with Gasteiger partial charge in [-0.15, -0.1) is 0 Å². The van der Waals surface area contributed by atoms with Gasteiger partial charge in [-0.1, -0.05) is 30.7 Å². The zero-order chi connectivity index (χ0) is 14.7.